The molecule has 15 rings (SSSR count). The monoisotopic (exact) mass is 998 g/mol. The quantitative estimate of drug-likeness (QED) is 0.101. The predicted octanol–water partition coefficient (Wildman–Crippen LogP) is 12.3. The first-order chi connectivity index (χ1) is 37.7. The normalized spacial score (nSPS) is 12.8. The first-order valence-electron chi connectivity index (χ1n) is 26.4. The second kappa shape index (κ2) is 17.7. The lowest BCUT2D eigenvalue weighted by Gasteiger charge is -2.34. The zero-order valence-corrected chi connectivity index (χ0v) is 43.8. The van der Waals surface area contributed by atoms with E-state index in [1.165, 1.54) is 107 Å². The van der Waals surface area contributed by atoms with Crippen molar-refractivity contribution in [3.8, 4) is 33.6 Å². The Morgan fingerprint density at radius 3 is 1.26 bits per heavy atom. The molecular formula is C72H50N2Si2. The molecule has 0 bridgehead atoms. The van der Waals surface area contributed by atoms with Crippen molar-refractivity contribution in [3.63, 3.8) is 0 Å². The van der Waals surface area contributed by atoms with Crippen molar-refractivity contribution >= 4 is 101 Å². The summed E-state index contributed by atoms with van der Waals surface area (Å²) in [7, 11) is -5.49. The summed E-state index contributed by atoms with van der Waals surface area (Å²) < 4.78 is 5.01. The molecule has 14 aromatic rings. The second-order valence-corrected chi connectivity index (χ2v) is 27.9. The van der Waals surface area contributed by atoms with Crippen LogP contribution in [0.3, 0.4) is 0 Å². The number of aromatic nitrogens is 2. The first kappa shape index (κ1) is 44.2. The fourth-order valence-electron chi connectivity index (χ4n) is 13.4. The fraction of sp³-hybridized carbons (Fsp3) is 0. The molecule has 0 radical (unpaired) electrons. The van der Waals surface area contributed by atoms with Crippen LogP contribution in [0.15, 0.2) is 303 Å². The average molecular weight is 999 g/mol. The third kappa shape index (κ3) is 6.51. The summed E-state index contributed by atoms with van der Waals surface area (Å²) in [5.41, 5.74) is 12.1. The highest BCUT2D eigenvalue weighted by Gasteiger charge is 2.48. The maximum Gasteiger partial charge on any atom is 0.180 e. The van der Waals surface area contributed by atoms with Gasteiger partial charge in [-0.25, -0.2) is 0 Å². The van der Waals surface area contributed by atoms with Gasteiger partial charge in [0.15, 0.2) is 16.1 Å². The minimum absolute atomic E-state index is 1.13. The van der Waals surface area contributed by atoms with E-state index in [0.29, 0.717) is 0 Å². The van der Waals surface area contributed by atoms with Crippen LogP contribution < -0.4 is 41.5 Å². The Bertz CT molecular complexity index is 4370. The molecular weight excluding hydrogens is 949 g/mol. The van der Waals surface area contributed by atoms with E-state index in [4.69, 9.17) is 0 Å². The van der Waals surface area contributed by atoms with Crippen LogP contribution in [0, 0.1) is 0 Å². The van der Waals surface area contributed by atoms with Gasteiger partial charge in [-0.05, 0) is 106 Å². The molecule has 0 atom stereocenters. The van der Waals surface area contributed by atoms with Gasteiger partial charge >= 0.3 is 0 Å². The van der Waals surface area contributed by atoms with Crippen molar-refractivity contribution < 1.29 is 0 Å². The van der Waals surface area contributed by atoms with Crippen LogP contribution in [0.1, 0.15) is 0 Å². The Morgan fingerprint density at radius 2 is 0.671 bits per heavy atom. The lowest BCUT2D eigenvalue weighted by molar-refractivity contribution is 1.16. The van der Waals surface area contributed by atoms with Crippen LogP contribution in [0.4, 0.5) is 0 Å². The van der Waals surface area contributed by atoms with Crippen LogP contribution >= 0.6 is 0 Å². The van der Waals surface area contributed by atoms with Crippen LogP contribution in [-0.2, 0) is 0 Å². The number of hydrogen-bond donors (Lipinski definition) is 0. The number of fused-ring (bicyclic) bond motifs is 9. The smallest absolute Gasteiger partial charge is 0.180 e. The molecule has 1 aliphatic rings. The van der Waals surface area contributed by atoms with Gasteiger partial charge in [0.25, 0.3) is 0 Å². The number of hydrogen-bond acceptors (Lipinski definition) is 0. The molecule has 0 saturated carbocycles. The van der Waals surface area contributed by atoms with Crippen molar-refractivity contribution in [2.45, 2.75) is 0 Å². The Morgan fingerprint density at radius 1 is 0.250 bits per heavy atom. The van der Waals surface area contributed by atoms with E-state index in [1.54, 1.807) is 0 Å². The van der Waals surface area contributed by atoms with E-state index in [2.05, 4.69) is 312 Å². The van der Waals surface area contributed by atoms with Crippen LogP contribution in [0.2, 0.25) is 0 Å². The Balaban J connectivity index is 0.933. The maximum atomic E-state index is 2.54. The zero-order chi connectivity index (χ0) is 50.2. The van der Waals surface area contributed by atoms with E-state index in [0.717, 1.165) is 11.4 Å². The van der Waals surface area contributed by atoms with Crippen molar-refractivity contribution in [3.05, 3.63) is 303 Å². The van der Waals surface area contributed by atoms with Gasteiger partial charge in [-0.15, -0.1) is 0 Å². The van der Waals surface area contributed by atoms with E-state index in [-0.39, 0.29) is 0 Å². The molecule has 3 heterocycles. The Labute approximate surface area is 444 Å². The molecule has 356 valence electrons. The minimum Gasteiger partial charge on any atom is -0.309 e. The molecule has 2 nitrogen and oxygen atoms in total. The van der Waals surface area contributed by atoms with Crippen molar-refractivity contribution in [2.24, 2.45) is 0 Å². The van der Waals surface area contributed by atoms with Crippen LogP contribution in [0.5, 0.6) is 0 Å². The average Bonchev–Trinajstić information content (AvgIpc) is 4.15. The number of nitrogens with zero attached hydrogens (tertiary/aromatic N) is 2. The molecule has 76 heavy (non-hydrogen) atoms. The molecule has 0 N–H and O–H groups in total. The molecule has 0 spiro atoms. The van der Waals surface area contributed by atoms with Gasteiger partial charge in [-0.2, -0.15) is 0 Å². The number of rotatable bonds is 9. The van der Waals surface area contributed by atoms with Gasteiger partial charge in [0.1, 0.15) is 0 Å². The second-order valence-electron chi connectivity index (χ2n) is 20.3. The lowest BCUT2D eigenvalue weighted by Crippen LogP contribution is -2.74. The molecule has 2 aromatic heterocycles. The molecule has 0 unspecified atom stereocenters. The van der Waals surface area contributed by atoms with Gasteiger partial charge in [0.05, 0.1) is 22.1 Å². The van der Waals surface area contributed by atoms with Gasteiger partial charge in [0.2, 0.25) is 0 Å². The Kier molecular flexibility index (Phi) is 10.3. The van der Waals surface area contributed by atoms with Crippen molar-refractivity contribution in [2.75, 3.05) is 0 Å². The van der Waals surface area contributed by atoms with Gasteiger partial charge in [-0.1, -0.05) is 261 Å². The summed E-state index contributed by atoms with van der Waals surface area (Å²) in [4.78, 5) is 0. The predicted molar refractivity (Wildman–Crippen MR) is 327 cm³/mol. The third-order valence-electron chi connectivity index (χ3n) is 16.5. The number of benzene rings is 12. The molecule has 12 aromatic carbocycles. The highest BCUT2D eigenvalue weighted by Crippen LogP contribution is 2.39. The highest BCUT2D eigenvalue weighted by atomic mass is 28.3. The molecule has 0 amide bonds. The fourth-order valence-corrected chi connectivity index (χ4v) is 23.4. The first-order valence-corrected chi connectivity index (χ1v) is 30.4. The highest BCUT2D eigenvalue weighted by molar-refractivity contribution is 7.22. The summed E-state index contributed by atoms with van der Waals surface area (Å²) in [6.45, 7) is 0. The van der Waals surface area contributed by atoms with E-state index in [1.807, 2.05) is 0 Å². The molecule has 0 aliphatic carbocycles. The van der Waals surface area contributed by atoms with E-state index < -0.39 is 16.1 Å². The van der Waals surface area contributed by atoms with Crippen LogP contribution in [0.25, 0.3) is 77.2 Å². The molecule has 0 saturated heterocycles. The molecule has 4 heteroatoms. The SMILES string of the molecule is c1ccc([Si](c2ccccc2)(c2ccccc2)c2cccc(-n3c4ccccc4c4ccc(-n5c6ccccc6c6ccc(-c7ccc8c(c7)[Si](c7ccccc7)(c7ccccc7)c7ccccc7-8)cc65)cc43)c2)cc1. The van der Waals surface area contributed by atoms with Gasteiger partial charge in [0, 0.05) is 32.9 Å². The summed E-state index contributed by atoms with van der Waals surface area (Å²) in [5.74, 6) is 0. The van der Waals surface area contributed by atoms with Crippen molar-refractivity contribution in [1.82, 2.24) is 9.13 Å². The minimum atomic E-state index is -2.81. The molecule has 0 fully saturated rings. The van der Waals surface area contributed by atoms with E-state index in [9.17, 15) is 0 Å². The third-order valence-corrected chi connectivity index (χ3v) is 26.2. The standard InChI is InChI=1S/C72H50N2Si2/c1-6-24-55(25-7-1)75(56-26-8-2-9-27-56,57-28-10-3-11-29-57)60-34-22-23-53(49-60)73-67-38-19-17-36-62(67)64-46-43-54(50-70(64)73)74-68-39-20-16-35-61(68)63-44-41-51(47-69(63)74)52-42-45-66-65-37-18-21-40-71(65)76(72(66)48-52,58-30-12-4-13-31-58)59-32-14-5-15-33-59/h1-50H. The largest absolute Gasteiger partial charge is 0.309 e. The van der Waals surface area contributed by atoms with E-state index >= 15 is 0 Å². The summed E-state index contributed by atoms with van der Waals surface area (Å²) in [6, 6.07) is 114. The Hall–Kier alpha value is -9.33. The maximum absolute atomic E-state index is 2.81. The number of para-hydroxylation sites is 2. The van der Waals surface area contributed by atoms with Crippen LogP contribution in [-0.4, -0.2) is 25.3 Å². The topological polar surface area (TPSA) is 9.86 Å². The summed E-state index contributed by atoms with van der Waals surface area (Å²) in [6.07, 6.45) is 0. The summed E-state index contributed by atoms with van der Waals surface area (Å²) in [5, 5.41) is 16.1. The molecule has 1 aliphatic heterocycles. The van der Waals surface area contributed by atoms with Gasteiger partial charge < -0.3 is 9.13 Å². The van der Waals surface area contributed by atoms with Crippen molar-refractivity contribution in [1.29, 1.82) is 0 Å². The zero-order valence-electron chi connectivity index (χ0n) is 41.8. The lowest BCUT2D eigenvalue weighted by atomic mass is 9.99. The van der Waals surface area contributed by atoms with Gasteiger partial charge in [-0.3, -0.25) is 0 Å². The summed E-state index contributed by atoms with van der Waals surface area (Å²) >= 11 is 0.